The lowest BCUT2D eigenvalue weighted by Crippen LogP contribution is -2.30. The number of carbonyl (C=O) groups is 1. The molecule has 0 bridgehead atoms. The summed E-state index contributed by atoms with van der Waals surface area (Å²) in [6.45, 7) is 7.96. The highest BCUT2D eigenvalue weighted by Gasteiger charge is 2.11. The van der Waals surface area contributed by atoms with Gasteiger partial charge in [-0.25, -0.2) is 0 Å². The van der Waals surface area contributed by atoms with Gasteiger partial charge in [-0.1, -0.05) is 31.5 Å². The van der Waals surface area contributed by atoms with Gasteiger partial charge >= 0.3 is 0 Å². The van der Waals surface area contributed by atoms with Crippen molar-refractivity contribution in [3.05, 3.63) is 28.8 Å². The Labute approximate surface area is 119 Å². The van der Waals surface area contributed by atoms with Gasteiger partial charge < -0.3 is 16.0 Å². The molecule has 0 aromatic heterocycles. The second-order valence-electron chi connectivity index (χ2n) is 4.35. The predicted octanol–water partition coefficient (Wildman–Crippen LogP) is 2.38. The molecule has 0 atom stereocenters. The van der Waals surface area contributed by atoms with Crippen LogP contribution in [0.1, 0.15) is 30.6 Å². The van der Waals surface area contributed by atoms with Crippen molar-refractivity contribution >= 4 is 23.2 Å². The first-order chi connectivity index (χ1) is 9.10. The van der Waals surface area contributed by atoms with Crippen molar-refractivity contribution in [1.82, 2.24) is 10.2 Å². The average Bonchev–Trinajstić information content (AvgIpc) is 2.42. The normalized spacial score (nSPS) is 10.7. The maximum atomic E-state index is 11.9. The van der Waals surface area contributed by atoms with Gasteiger partial charge in [-0.2, -0.15) is 0 Å². The zero-order valence-corrected chi connectivity index (χ0v) is 12.3. The van der Waals surface area contributed by atoms with Crippen molar-refractivity contribution in [2.24, 2.45) is 0 Å². The number of rotatable bonds is 7. The summed E-state index contributed by atoms with van der Waals surface area (Å²) in [6.07, 6.45) is 0.924. The molecule has 0 aliphatic heterocycles. The third kappa shape index (κ3) is 4.73. The number of hydrogen-bond acceptors (Lipinski definition) is 3. The van der Waals surface area contributed by atoms with E-state index in [1.165, 1.54) is 0 Å². The third-order valence-corrected chi connectivity index (χ3v) is 3.53. The summed E-state index contributed by atoms with van der Waals surface area (Å²) in [4.78, 5) is 14.3. The Kier molecular flexibility index (Phi) is 6.67. The molecule has 19 heavy (non-hydrogen) atoms. The van der Waals surface area contributed by atoms with E-state index in [0.717, 1.165) is 26.1 Å². The van der Waals surface area contributed by atoms with Crippen LogP contribution in [0.25, 0.3) is 0 Å². The summed E-state index contributed by atoms with van der Waals surface area (Å²) < 4.78 is 0. The van der Waals surface area contributed by atoms with Crippen LogP contribution in [0, 0.1) is 0 Å². The largest absolute Gasteiger partial charge is 0.398 e. The Bertz CT molecular complexity index is 419. The summed E-state index contributed by atoms with van der Waals surface area (Å²) >= 11 is 6.00. The van der Waals surface area contributed by atoms with Crippen molar-refractivity contribution in [2.75, 3.05) is 31.9 Å². The molecule has 0 aliphatic carbocycles. The fraction of sp³-hybridized carbons (Fsp3) is 0.500. The lowest BCUT2D eigenvalue weighted by Gasteiger charge is -2.17. The van der Waals surface area contributed by atoms with E-state index in [1.54, 1.807) is 18.2 Å². The van der Waals surface area contributed by atoms with E-state index < -0.39 is 0 Å². The Hall–Kier alpha value is -1.26. The summed E-state index contributed by atoms with van der Waals surface area (Å²) in [7, 11) is 0. The minimum Gasteiger partial charge on any atom is -0.398 e. The first-order valence-corrected chi connectivity index (χ1v) is 7.02. The molecule has 0 saturated heterocycles. The van der Waals surface area contributed by atoms with Crippen LogP contribution in [-0.2, 0) is 0 Å². The minimum absolute atomic E-state index is 0.170. The average molecular weight is 284 g/mol. The molecule has 0 unspecified atom stereocenters. The van der Waals surface area contributed by atoms with Crippen LogP contribution in [0.5, 0.6) is 0 Å². The number of anilines is 1. The van der Waals surface area contributed by atoms with Crippen LogP contribution in [-0.4, -0.2) is 37.0 Å². The minimum atomic E-state index is -0.170. The summed E-state index contributed by atoms with van der Waals surface area (Å²) in [5.74, 6) is -0.170. The Morgan fingerprint density at radius 1 is 1.37 bits per heavy atom. The maximum absolute atomic E-state index is 11.9. The molecule has 1 aromatic rings. The first kappa shape index (κ1) is 15.8. The Balaban J connectivity index is 2.41. The number of carbonyl (C=O) groups excluding carboxylic acids is 1. The van der Waals surface area contributed by atoms with Crippen LogP contribution in [0.15, 0.2) is 18.2 Å². The molecule has 0 aliphatic rings. The summed E-state index contributed by atoms with van der Waals surface area (Å²) in [5, 5.41) is 3.19. The van der Waals surface area contributed by atoms with E-state index in [0.29, 0.717) is 22.8 Å². The number of nitrogens with zero attached hydrogens (tertiary/aromatic N) is 1. The van der Waals surface area contributed by atoms with Crippen LogP contribution in [0.3, 0.4) is 0 Å². The summed E-state index contributed by atoms with van der Waals surface area (Å²) in [5.41, 5.74) is 6.53. The van der Waals surface area contributed by atoms with Crippen LogP contribution < -0.4 is 11.1 Å². The van der Waals surface area contributed by atoms with Crippen LogP contribution >= 0.6 is 11.6 Å². The highest BCUT2D eigenvalue weighted by atomic mass is 35.5. The van der Waals surface area contributed by atoms with Crippen molar-refractivity contribution in [1.29, 1.82) is 0 Å². The fourth-order valence-electron chi connectivity index (χ4n) is 1.86. The molecule has 4 nitrogen and oxygen atoms in total. The third-order valence-electron chi connectivity index (χ3n) is 3.10. The molecular formula is C14H22ClN3O. The van der Waals surface area contributed by atoms with E-state index in [4.69, 9.17) is 17.3 Å². The smallest absolute Gasteiger partial charge is 0.252 e. The quantitative estimate of drug-likeness (QED) is 0.597. The summed E-state index contributed by atoms with van der Waals surface area (Å²) in [6, 6.07) is 5.09. The van der Waals surface area contributed by atoms with Gasteiger partial charge in [0.25, 0.3) is 5.91 Å². The van der Waals surface area contributed by atoms with Crippen molar-refractivity contribution in [2.45, 2.75) is 20.3 Å². The van der Waals surface area contributed by atoms with Gasteiger partial charge in [0.05, 0.1) is 16.3 Å². The number of hydrogen-bond donors (Lipinski definition) is 2. The van der Waals surface area contributed by atoms with E-state index in [2.05, 4.69) is 24.1 Å². The van der Waals surface area contributed by atoms with Gasteiger partial charge in [0.2, 0.25) is 0 Å². The fourth-order valence-corrected chi connectivity index (χ4v) is 2.08. The molecule has 1 rings (SSSR count). The van der Waals surface area contributed by atoms with Gasteiger partial charge in [-0.05, 0) is 38.2 Å². The molecular weight excluding hydrogens is 262 g/mol. The molecule has 0 saturated carbocycles. The second kappa shape index (κ2) is 8.02. The molecule has 1 aromatic carbocycles. The number of amides is 1. The Morgan fingerprint density at radius 2 is 2.05 bits per heavy atom. The number of nitrogen functional groups attached to an aromatic ring is 1. The lowest BCUT2D eigenvalue weighted by molar-refractivity contribution is 0.0952. The number of halogens is 1. The molecule has 0 heterocycles. The van der Waals surface area contributed by atoms with Gasteiger partial charge in [0.15, 0.2) is 0 Å². The highest BCUT2D eigenvalue weighted by molar-refractivity contribution is 6.36. The van der Waals surface area contributed by atoms with Gasteiger partial charge in [-0.15, -0.1) is 0 Å². The molecule has 5 heteroatoms. The molecule has 106 valence electrons. The second-order valence-corrected chi connectivity index (χ2v) is 4.72. The molecule has 0 spiro atoms. The zero-order chi connectivity index (χ0) is 14.3. The van der Waals surface area contributed by atoms with E-state index in [-0.39, 0.29) is 5.91 Å². The van der Waals surface area contributed by atoms with Gasteiger partial charge in [-0.3, -0.25) is 4.79 Å². The van der Waals surface area contributed by atoms with Crippen molar-refractivity contribution in [3.63, 3.8) is 0 Å². The topological polar surface area (TPSA) is 58.4 Å². The van der Waals surface area contributed by atoms with Gasteiger partial charge in [0.1, 0.15) is 0 Å². The molecule has 3 N–H and O–H groups in total. The zero-order valence-electron chi connectivity index (χ0n) is 11.6. The standard InChI is InChI=1S/C14H22ClN3O/c1-3-18(4-2)10-6-9-17-14(19)11-7-5-8-12(16)13(11)15/h5,7-8H,3-4,6,9-10,16H2,1-2H3,(H,17,19). The molecule has 0 radical (unpaired) electrons. The SMILES string of the molecule is CCN(CC)CCCNC(=O)c1cccc(N)c1Cl. The van der Waals surface area contributed by atoms with Crippen molar-refractivity contribution < 1.29 is 4.79 Å². The first-order valence-electron chi connectivity index (χ1n) is 6.64. The van der Waals surface area contributed by atoms with E-state index in [1.807, 2.05) is 0 Å². The van der Waals surface area contributed by atoms with Crippen molar-refractivity contribution in [3.8, 4) is 0 Å². The van der Waals surface area contributed by atoms with E-state index in [9.17, 15) is 4.79 Å². The molecule has 1 amide bonds. The number of nitrogens with two attached hydrogens (primary N) is 1. The predicted molar refractivity (Wildman–Crippen MR) is 80.6 cm³/mol. The number of nitrogens with one attached hydrogen (secondary N) is 1. The highest BCUT2D eigenvalue weighted by Crippen LogP contribution is 2.22. The van der Waals surface area contributed by atoms with Crippen LogP contribution in [0.4, 0.5) is 5.69 Å². The maximum Gasteiger partial charge on any atom is 0.252 e. The monoisotopic (exact) mass is 283 g/mol. The molecule has 0 fully saturated rings. The number of benzene rings is 1. The van der Waals surface area contributed by atoms with Crippen LogP contribution in [0.2, 0.25) is 5.02 Å². The Morgan fingerprint density at radius 3 is 2.68 bits per heavy atom. The van der Waals surface area contributed by atoms with Gasteiger partial charge in [0, 0.05) is 6.54 Å². The lowest BCUT2D eigenvalue weighted by atomic mass is 10.2. The van der Waals surface area contributed by atoms with E-state index >= 15 is 0 Å².